The van der Waals surface area contributed by atoms with Gasteiger partial charge in [-0.05, 0) is 44.7 Å². The van der Waals surface area contributed by atoms with Crippen molar-refractivity contribution in [1.82, 2.24) is 29.7 Å². The Morgan fingerprint density at radius 2 is 1.93 bits per heavy atom. The van der Waals surface area contributed by atoms with Gasteiger partial charge in [0.2, 0.25) is 5.91 Å². The van der Waals surface area contributed by atoms with E-state index in [0.29, 0.717) is 39.1 Å². The summed E-state index contributed by atoms with van der Waals surface area (Å²) in [5.74, 6) is -0.111. The number of ether oxygens (including phenoxy) is 1. The van der Waals surface area contributed by atoms with Crippen molar-refractivity contribution in [3.8, 4) is 0 Å². The Kier molecular flexibility index (Phi) is 10.3. The lowest BCUT2D eigenvalue weighted by Gasteiger charge is -2.35. The molecule has 3 heterocycles. The van der Waals surface area contributed by atoms with Crippen LogP contribution in [0.4, 0.5) is 16.2 Å². The highest BCUT2D eigenvalue weighted by molar-refractivity contribution is 5.89. The third-order valence-electron chi connectivity index (χ3n) is 7.93. The molecule has 1 aromatic carbocycles. The number of aryl methyl sites for hydroxylation is 1. The quantitative estimate of drug-likeness (QED) is 0.552. The van der Waals surface area contributed by atoms with E-state index in [2.05, 4.69) is 32.5 Å². The molecule has 4 rings (SSSR count). The Morgan fingerprint density at radius 3 is 2.62 bits per heavy atom. The molecule has 0 bridgehead atoms. The number of aromatic nitrogens is 3. The van der Waals surface area contributed by atoms with E-state index in [-0.39, 0.29) is 36.6 Å². The van der Waals surface area contributed by atoms with E-state index in [1.54, 1.807) is 27.7 Å². The highest BCUT2D eigenvalue weighted by Crippen LogP contribution is 2.21. The highest BCUT2D eigenvalue weighted by Gasteiger charge is 2.29. The van der Waals surface area contributed by atoms with E-state index in [4.69, 9.17) is 4.74 Å². The molecule has 1 fully saturated rings. The molecule has 0 radical (unpaired) electrons. The first kappa shape index (κ1) is 29.8. The molecular weight excluding hydrogens is 512 g/mol. The second-order valence-corrected chi connectivity index (χ2v) is 11.1. The van der Waals surface area contributed by atoms with Gasteiger partial charge in [-0.2, -0.15) is 0 Å². The number of rotatable bonds is 6. The Bertz CT molecular complexity index is 1100. The molecule has 12 heteroatoms. The van der Waals surface area contributed by atoms with Gasteiger partial charge < -0.3 is 34.8 Å². The van der Waals surface area contributed by atoms with Crippen LogP contribution in [0, 0.1) is 5.92 Å². The molecule has 220 valence electrons. The maximum atomic E-state index is 13.1. The lowest BCUT2D eigenvalue weighted by molar-refractivity contribution is -0.136. The van der Waals surface area contributed by atoms with Crippen LogP contribution in [0.15, 0.2) is 30.5 Å². The van der Waals surface area contributed by atoms with Crippen molar-refractivity contribution in [2.45, 2.75) is 52.0 Å². The summed E-state index contributed by atoms with van der Waals surface area (Å²) in [5.41, 5.74) is 2.71. The van der Waals surface area contributed by atoms with Crippen LogP contribution in [0.1, 0.15) is 32.4 Å². The minimum atomic E-state index is -0.362. The van der Waals surface area contributed by atoms with Crippen LogP contribution >= 0.6 is 0 Å². The van der Waals surface area contributed by atoms with Crippen molar-refractivity contribution in [3.63, 3.8) is 0 Å². The summed E-state index contributed by atoms with van der Waals surface area (Å²) >= 11 is 0. The van der Waals surface area contributed by atoms with Crippen molar-refractivity contribution >= 4 is 23.3 Å². The number of aliphatic hydroxyl groups is 1. The first-order valence-electron chi connectivity index (χ1n) is 14.2. The number of piperazine rings is 1. The van der Waals surface area contributed by atoms with E-state index < -0.39 is 0 Å². The molecule has 2 aromatic rings. The number of fused-ring (bicyclic) bond motifs is 1. The summed E-state index contributed by atoms with van der Waals surface area (Å²) in [7, 11) is 3.88. The van der Waals surface area contributed by atoms with Gasteiger partial charge in [0.15, 0.2) is 0 Å². The predicted molar refractivity (Wildman–Crippen MR) is 153 cm³/mol. The van der Waals surface area contributed by atoms with Gasteiger partial charge >= 0.3 is 6.03 Å². The average molecular weight is 557 g/mol. The second-order valence-electron chi connectivity index (χ2n) is 11.1. The van der Waals surface area contributed by atoms with E-state index in [1.807, 2.05) is 38.1 Å². The molecule has 0 saturated carbocycles. The van der Waals surface area contributed by atoms with Crippen LogP contribution in [-0.2, 0) is 22.7 Å². The zero-order valence-electron chi connectivity index (χ0n) is 24.2. The topological polar surface area (TPSA) is 119 Å². The minimum absolute atomic E-state index is 0.0134. The predicted octanol–water partition coefficient (Wildman–Crippen LogP) is 1.72. The Balaban J connectivity index is 1.41. The monoisotopic (exact) mass is 556 g/mol. The number of anilines is 2. The van der Waals surface area contributed by atoms with Crippen molar-refractivity contribution in [2.24, 2.45) is 5.92 Å². The van der Waals surface area contributed by atoms with Crippen LogP contribution in [0.5, 0.6) is 0 Å². The van der Waals surface area contributed by atoms with E-state index in [1.165, 1.54) is 0 Å². The molecule has 1 saturated heterocycles. The summed E-state index contributed by atoms with van der Waals surface area (Å²) in [5, 5.41) is 20.9. The molecule has 12 nitrogen and oxygen atoms in total. The van der Waals surface area contributed by atoms with Crippen LogP contribution in [0.3, 0.4) is 0 Å². The first-order chi connectivity index (χ1) is 19.2. The van der Waals surface area contributed by atoms with Gasteiger partial charge in [-0.25, -0.2) is 9.48 Å². The van der Waals surface area contributed by atoms with E-state index in [9.17, 15) is 14.7 Å². The van der Waals surface area contributed by atoms with E-state index in [0.717, 1.165) is 43.2 Å². The lowest BCUT2D eigenvalue weighted by atomic mass is 10.0. The number of urea groups is 1. The molecule has 3 amide bonds. The fourth-order valence-electron chi connectivity index (χ4n) is 5.14. The Morgan fingerprint density at radius 1 is 1.20 bits per heavy atom. The molecular formula is C28H44N8O4. The summed E-state index contributed by atoms with van der Waals surface area (Å²) < 4.78 is 8.10. The molecule has 40 heavy (non-hydrogen) atoms. The highest BCUT2D eigenvalue weighted by atomic mass is 16.5. The summed E-state index contributed by atoms with van der Waals surface area (Å²) in [6.07, 6.45) is 2.30. The smallest absolute Gasteiger partial charge is 0.321 e. The molecule has 1 aromatic heterocycles. The van der Waals surface area contributed by atoms with Crippen molar-refractivity contribution in [2.75, 3.05) is 70.2 Å². The number of carbonyl (C=O) groups is 2. The third-order valence-corrected chi connectivity index (χ3v) is 7.93. The molecule has 3 atom stereocenters. The number of nitrogens with zero attached hydrogens (tertiary/aromatic N) is 7. The molecule has 2 N–H and O–H groups in total. The number of hydrogen-bond acceptors (Lipinski definition) is 8. The Labute approximate surface area is 236 Å². The maximum Gasteiger partial charge on any atom is 0.321 e. The number of hydrogen-bond donors (Lipinski definition) is 2. The van der Waals surface area contributed by atoms with Crippen LogP contribution in [-0.4, -0.2) is 119 Å². The summed E-state index contributed by atoms with van der Waals surface area (Å²) in [6, 6.07) is 7.41. The first-order valence-corrected chi connectivity index (χ1v) is 14.2. The van der Waals surface area contributed by atoms with Crippen LogP contribution < -0.4 is 10.2 Å². The zero-order chi connectivity index (χ0) is 28.6. The Hall–Kier alpha value is -3.22. The van der Waals surface area contributed by atoms with Gasteiger partial charge in [-0.1, -0.05) is 12.1 Å². The fourth-order valence-corrected chi connectivity index (χ4v) is 5.14. The van der Waals surface area contributed by atoms with Gasteiger partial charge in [0.1, 0.15) is 0 Å². The standard InChI is InChI=1S/C28H44N8O4/c1-21-17-35(22(2)19-37)27(38)6-5-11-36-25(16-29-31-36)20-40-26(21)18-33(4)28(39)30-23-7-9-24(10-8-23)34-14-12-32(3)13-15-34/h7-10,16,21-22,26,37H,5-6,11-15,17-20H2,1-4H3,(H,30,39)/t21-,22+,26+/m0/s1. The van der Waals surface area contributed by atoms with Crippen LogP contribution in [0.25, 0.3) is 0 Å². The molecule has 0 unspecified atom stereocenters. The normalized spacial score (nSPS) is 22.2. The lowest BCUT2D eigenvalue weighted by Crippen LogP contribution is -2.48. The van der Waals surface area contributed by atoms with Crippen molar-refractivity contribution < 1.29 is 19.4 Å². The number of amides is 3. The van der Waals surface area contributed by atoms with Gasteiger partial charge in [0, 0.05) is 76.6 Å². The molecule has 0 aliphatic carbocycles. The van der Waals surface area contributed by atoms with Crippen LogP contribution in [0.2, 0.25) is 0 Å². The second kappa shape index (κ2) is 13.9. The zero-order valence-corrected chi connectivity index (χ0v) is 24.2. The molecule has 0 spiro atoms. The van der Waals surface area contributed by atoms with Gasteiger partial charge in [-0.15, -0.1) is 5.10 Å². The number of aliphatic hydroxyl groups excluding tert-OH is 1. The molecule has 2 aliphatic rings. The molecule has 2 aliphatic heterocycles. The number of likely N-dealkylation sites (N-methyl/N-ethyl adjacent to an activating group) is 2. The number of benzene rings is 1. The van der Waals surface area contributed by atoms with Gasteiger partial charge in [0.05, 0.1) is 37.3 Å². The number of carbonyl (C=O) groups excluding carboxylic acids is 2. The minimum Gasteiger partial charge on any atom is -0.394 e. The van der Waals surface area contributed by atoms with E-state index >= 15 is 0 Å². The van der Waals surface area contributed by atoms with Crippen molar-refractivity contribution in [1.29, 1.82) is 0 Å². The van der Waals surface area contributed by atoms with Gasteiger partial charge in [0.25, 0.3) is 0 Å². The average Bonchev–Trinajstić information content (AvgIpc) is 3.40. The van der Waals surface area contributed by atoms with Crippen molar-refractivity contribution in [3.05, 3.63) is 36.2 Å². The summed E-state index contributed by atoms with van der Waals surface area (Å²) in [6.45, 7) is 9.39. The SMILES string of the molecule is C[C@H](CO)N1C[C@H](C)[C@@H](CN(C)C(=O)Nc2ccc(N3CCN(C)CC3)cc2)OCc2cnnn2CCCC1=O. The third kappa shape index (κ3) is 7.70. The maximum absolute atomic E-state index is 13.1. The number of nitrogens with one attached hydrogen (secondary N) is 1. The fraction of sp³-hybridized carbons (Fsp3) is 0.643. The summed E-state index contributed by atoms with van der Waals surface area (Å²) in [4.78, 5) is 34.2. The van der Waals surface area contributed by atoms with Gasteiger partial charge in [-0.3, -0.25) is 4.79 Å². The largest absolute Gasteiger partial charge is 0.394 e.